The van der Waals surface area contributed by atoms with E-state index in [0.717, 1.165) is 16.0 Å². The predicted molar refractivity (Wildman–Crippen MR) is 74.1 cm³/mol. The molecule has 0 aromatic heterocycles. The van der Waals surface area contributed by atoms with Gasteiger partial charge in [-0.05, 0) is 46.5 Å². The van der Waals surface area contributed by atoms with Crippen LogP contribution in [0, 0.1) is 0 Å². The molecule has 3 rings (SSSR count). The normalized spacial score (nSPS) is 21.0. The molecule has 1 aromatic rings. The largest absolute Gasteiger partial charge is 0.454 e. The van der Waals surface area contributed by atoms with Crippen LogP contribution in [-0.4, -0.2) is 13.3 Å². The van der Waals surface area contributed by atoms with Crippen molar-refractivity contribution in [3.05, 3.63) is 22.2 Å². The molecule has 4 heteroatoms. The van der Waals surface area contributed by atoms with Crippen LogP contribution < -0.4 is 15.2 Å². The number of ether oxygens (including phenoxy) is 2. The molecule has 3 nitrogen and oxygen atoms in total. The van der Waals surface area contributed by atoms with Crippen molar-refractivity contribution in [3.63, 3.8) is 0 Å². The Balaban J connectivity index is 2.02. The monoisotopic (exact) mass is 311 g/mol. The van der Waals surface area contributed by atoms with Gasteiger partial charge in [0.05, 0.1) is 4.47 Å². The van der Waals surface area contributed by atoms with Crippen molar-refractivity contribution >= 4 is 15.9 Å². The molecular weight excluding hydrogens is 294 g/mol. The van der Waals surface area contributed by atoms with Gasteiger partial charge in [0.1, 0.15) is 0 Å². The third kappa shape index (κ3) is 1.91. The van der Waals surface area contributed by atoms with Crippen LogP contribution in [0.2, 0.25) is 0 Å². The number of rotatable bonds is 2. The minimum Gasteiger partial charge on any atom is -0.454 e. The summed E-state index contributed by atoms with van der Waals surface area (Å²) in [5.41, 5.74) is 7.50. The van der Waals surface area contributed by atoms with Crippen LogP contribution in [0.1, 0.15) is 37.7 Å². The minimum atomic E-state index is 0.127. The van der Waals surface area contributed by atoms with Crippen LogP contribution in [0.4, 0.5) is 0 Å². The lowest BCUT2D eigenvalue weighted by Crippen LogP contribution is -2.37. The van der Waals surface area contributed by atoms with E-state index in [4.69, 9.17) is 15.2 Å². The summed E-state index contributed by atoms with van der Waals surface area (Å²) in [5, 5.41) is 0. The molecule has 0 radical (unpaired) electrons. The molecule has 0 saturated heterocycles. The van der Waals surface area contributed by atoms with E-state index in [1.54, 1.807) is 0 Å². The first kappa shape index (κ1) is 12.3. The van der Waals surface area contributed by atoms with E-state index in [0.29, 0.717) is 13.3 Å². The summed E-state index contributed by atoms with van der Waals surface area (Å²) in [7, 11) is 0. The SMILES string of the molecule is NCC1(c2cc(Br)c3c(c2)OCO3)CCCCC1. The first-order valence-electron chi connectivity index (χ1n) is 6.55. The van der Waals surface area contributed by atoms with Gasteiger partial charge in [-0.1, -0.05) is 19.3 Å². The van der Waals surface area contributed by atoms with Crippen molar-refractivity contribution in [3.8, 4) is 11.5 Å². The number of halogens is 1. The van der Waals surface area contributed by atoms with Gasteiger partial charge in [0, 0.05) is 12.0 Å². The van der Waals surface area contributed by atoms with Gasteiger partial charge in [0.2, 0.25) is 6.79 Å². The molecule has 1 heterocycles. The van der Waals surface area contributed by atoms with Gasteiger partial charge in [-0.3, -0.25) is 0 Å². The van der Waals surface area contributed by atoms with E-state index in [2.05, 4.69) is 28.1 Å². The lowest BCUT2D eigenvalue weighted by atomic mass is 9.69. The molecule has 98 valence electrons. The summed E-state index contributed by atoms with van der Waals surface area (Å²) in [4.78, 5) is 0. The average molecular weight is 312 g/mol. The maximum Gasteiger partial charge on any atom is 0.231 e. The van der Waals surface area contributed by atoms with E-state index >= 15 is 0 Å². The lowest BCUT2D eigenvalue weighted by Gasteiger charge is -2.37. The highest BCUT2D eigenvalue weighted by atomic mass is 79.9. The van der Waals surface area contributed by atoms with E-state index < -0.39 is 0 Å². The van der Waals surface area contributed by atoms with Gasteiger partial charge in [0.25, 0.3) is 0 Å². The Morgan fingerprint density at radius 3 is 2.67 bits per heavy atom. The highest BCUT2D eigenvalue weighted by Crippen LogP contribution is 2.46. The van der Waals surface area contributed by atoms with Gasteiger partial charge in [0.15, 0.2) is 11.5 Å². The zero-order chi connectivity index (χ0) is 12.6. The second-order valence-electron chi connectivity index (χ2n) is 5.24. The van der Waals surface area contributed by atoms with Crippen molar-refractivity contribution in [2.24, 2.45) is 5.73 Å². The predicted octanol–water partition coefficient (Wildman–Crippen LogP) is 3.34. The molecule has 0 bridgehead atoms. The molecule has 0 atom stereocenters. The first-order valence-corrected chi connectivity index (χ1v) is 7.34. The van der Waals surface area contributed by atoms with Crippen LogP contribution in [0.5, 0.6) is 11.5 Å². The van der Waals surface area contributed by atoms with Crippen molar-refractivity contribution in [1.29, 1.82) is 0 Å². The minimum absolute atomic E-state index is 0.127. The molecule has 1 aliphatic carbocycles. The van der Waals surface area contributed by atoms with Crippen molar-refractivity contribution in [1.82, 2.24) is 0 Å². The Morgan fingerprint density at radius 1 is 1.17 bits per heavy atom. The fraction of sp³-hybridized carbons (Fsp3) is 0.571. The Bertz CT molecular complexity index is 455. The van der Waals surface area contributed by atoms with Gasteiger partial charge in [-0.25, -0.2) is 0 Å². The number of nitrogens with two attached hydrogens (primary N) is 1. The van der Waals surface area contributed by atoms with Crippen LogP contribution in [0.3, 0.4) is 0 Å². The Hall–Kier alpha value is -0.740. The first-order chi connectivity index (χ1) is 8.75. The number of hydrogen-bond acceptors (Lipinski definition) is 3. The van der Waals surface area contributed by atoms with Crippen LogP contribution in [0.15, 0.2) is 16.6 Å². The zero-order valence-electron chi connectivity index (χ0n) is 10.4. The second kappa shape index (κ2) is 4.74. The van der Waals surface area contributed by atoms with E-state index in [1.165, 1.54) is 37.7 Å². The van der Waals surface area contributed by atoms with Crippen molar-refractivity contribution in [2.45, 2.75) is 37.5 Å². The molecule has 0 spiro atoms. The van der Waals surface area contributed by atoms with Crippen molar-refractivity contribution < 1.29 is 9.47 Å². The second-order valence-corrected chi connectivity index (χ2v) is 6.09. The van der Waals surface area contributed by atoms with E-state index in [9.17, 15) is 0 Å². The molecule has 1 aromatic carbocycles. The summed E-state index contributed by atoms with van der Waals surface area (Å²) < 4.78 is 11.9. The molecule has 18 heavy (non-hydrogen) atoms. The number of fused-ring (bicyclic) bond motifs is 1. The fourth-order valence-electron chi connectivity index (χ4n) is 3.11. The fourth-order valence-corrected chi connectivity index (χ4v) is 3.67. The number of benzene rings is 1. The highest BCUT2D eigenvalue weighted by Gasteiger charge is 2.34. The van der Waals surface area contributed by atoms with E-state index in [1.807, 2.05) is 0 Å². The zero-order valence-corrected chi connectivity index (χ0v) is 12.0. The third-order valence-corrected chi connectivity index (χ3v) is 4.83. The average Bonchev–Trinajstić information content (AvgIpc) is 2.88. The van der Waals surface area contributed by atoms with Gasteiger partial charge in [-0.2, -0.15) is 0 Å². The quantitative estimate of drug-likeness (QED) is 0.911. The Labute approximate surface area is 116 Å². The smallest absolute Gasteiger partial charge is 0.231 e. The van der Waals surface area contributed by atoms with Crippen LogP contribution >= 0.6 is 15.9 Å². The molecule has 2 aliphatic rings. The third-order valence-electron chi connectivity index (χ3n) is 4.24. The molecule has 1 saturated carbocycles. The van der Waals surface area contributed by atoms with E-state index in [-0.39, 0.29) is 5.41 Å². The summed E-state index contributed by atoms with van der Waals surface area (Å²) in [6.45, 7) is 1.02. The molecule has 0 amide bonds. The van der Waals surface area contributed by atoms with Crippen molar-refractivity contribution in [2.75, 3.05) is 13.3 Å². The summed E-state index contributed by atoms with van der Waals surface area (Å²) in [6.07, 6.45) is 6.21. The molecule has 1 fully saturated rings. The maximum atomic E-state index is 6.08. The van der Waals surface area contributed by atoms with Gasteiger partial charge >= 0.3 is 0 Å². The molecule has 1 aliphatic heterocycles. The summed E-state index contributed by atoms with van der Waals surface area (Å²) in [5.74, 6) is 1.67. The lowest BCUT2D eigenvalue weighted by molar-refractivity contribution is 0.173. The van der Waals surface area contributed by atoms with Crippen LogP contribution in [0.25, 0.3) is 0 Å². The molecule has 0 unspecified atom stereocenters. The summed E-state index contributed by atoms with van der Waals surface area (Å²) in [6, 6.07) is 4.27. The molecule has 2 N–H and O–H groups in total. The number of hydrogen-bond donors (Lipinski definition) is 1. The standard InChI is InChI=1S/C14H18BrNO2/c15-11-6-10(7-12-13(11)18-9-17-12)14(8-16)4-2-1-3-5-14/h6-7H,1-5,8-9,16H2. The summed E-state index contributed by atoms with van der Waals surface area (Å²) >= 11 is 3.57. The Kier molecular flexibility index (Phi) is 3.24. The molecular formula is C14H18BrNO2. The Morgan fingerprint density at radius 2 is 1.94 bits per heavy atom. The topological polar surface area (TPSA) is 44.5 Å². The highest BCUT2D eigenvalue weighted by molar-refractivity contribution is 9.10. The van der Waals surface area contributed by atoms with Crippen LogP contribution in [-0.2, 0) is 5.41 Å². The maximum absolute atomic E-state index is 6.08. The van der Waals surface area contributed by atoms with Gasteiger partial charge in [-0.15, -0.1) is 0 Å². The van der Waals surface area contributed by atoms with Gasteiger partial charge < -0.3 is 15.2 Å².